The summed E-state index contributed by atoms with van der Waals surface area (Å²) in [5.41, 5.74) is 0.435. The van der Waals surface area contributed by atoms with E-state index in [4.69, 9.17) is 0 Å². The largest absolute Gasteiger partial charge is 0.355 e. The van der Waals surface area contributed by atoms with E-state index in [1.165, 1.54) is 12.8 Å². The van der Waals surface area contributed by atoms with Crippen molar-refractivity contribution in [3.05, 3.63) is 0 Å². The van der Waals surface area contributed by atoms with Gasteiger partial charge in [0.1, 0.15) is 0 Å². The summed E-state index contributed by atoms with van der Waals surface area (Å²) in [6.07, 6.45) is 2.56. The molecule has 0 saturated heterocycles. The molecular formula is C11H21NO. The molecule has 1 aliphatic carbocycles. The number of hydrogen-bond acceptors (Lipinski definition) is 1. The lowest BCUT2D eigenvalue weighted by Gasteiger charge is -2.20. The zero-order valence-electron chi connectivity index (χ0n) is 9.18. The summed E-state index contributed by atoms with van der Waals surface area (Å²) >= 11 is 0. The Kier molecular flexibility index (Phi) is 2.99. The molecule has 1 aliphatic rings. The minimum Gasteiger partial charge on any atom is -0.355 e. The monoisotopic (exact) mass is 183 g/mol. The van der Waals surface area contributed by atoms with Gasteiger partial charge in [0, 0.05) is 12.5 Å². The van der Waals surface area contributed by atoms with Crippen LogP contribution in [-0.4, -0.2) is 12.5 Å². The van der Waals surface area contributed by atoms with E-state index in [0.29, 0.717) is 11.3 Å². The molecule has 0 heterocycles. The quantitative estimate of drug-likeness (QED) is 0.711. The van der Waals surface area contributed by atoms with Crippen molar-refractivity contribution < 1.29 is 4.79 Å². The molecule has 2 heteroatoms. The van der Waals surface area contributed by atoms with Gasteiger partial charge >= 0.3 is 0 Å². The fraction of sp³-hybridized carbons (Fsp3) is 0.909. The van der Waals surface area contributed by atoms with E-state index in [9.17, 15) is 4.79 Å². The summed E-state index contributed by atoms with van der Waals surface area (Å²) in [7, 11) is 0. The lowest BCUT2D eigenvalue weighted by Crippen LogP contribution is -2.35. The molecule has 13 heavy (non-hydrogen) atoms. The van der Waals surface area contributed by atoms with Crippen molar-refractivity contribution >= 4 is 5.91 Å². The fourth-order valence-electron chi connectivity index (χ4n) is 1.59. The Balaban J connectivity index is 2.31. The maximum absolute atomic E-state index is 11.3. The highest BCUT2D eigenvalue weighted by Crippen LogP contribution is 2.51. The number of nitrogens with one attached hydrogen (secondary N) is 1. The molecule has 0 bridgehead atoms. The van der Waals surface area contributed by atoms with Crippen LogP contribution < -0.4 is 5.32 Å². The van der Waals surface area contributed by atoms with Gasteiger partial charge in [0.2, 0.25) is 5.91 Å². The average molecular weight is 183 g/mol. The zero-order valence-corrected chi connectivity index (χ0v) is 9.18. The van der Waals surface area contributed by atoms with Gasteiger partial charge in [0.15, 0.2) is 0 Å². The van der Waals surface area contributed by atoms with Crippen molar-refractivity contribution in [3.8, 4) is 0 Å². The first-order chi connectivity index (χ1) is 5.98. The summed E-state index contributed by atoms with van der Waals surface area (Å²) in [6, 6.07) is 0. The van der Waals surface area contributed by atoms with Gasteiger partial charge in [-0.3, -0.25) is 4.79 Å². The van der Waals surface area contributed by atoms with Crippen molar-refractivity contribution in [2.24, 2.45) is 17.3 Å². The summed E-state index contributed by atoms with van der Waals surface area (Å²) in [6.45, 7) is 9.24. The lowest BCUT2D eigenvalue weighted by atomic mass is 9.92. The Labute approximate surface area is 81.1 Å². The van der Waals surface area contributed by atoms with Crippen molar-refractivity contribution in [1.29, 1.82) is 0 Å². The van der Waals surface area contributed by atoms with Crippen molar-refractivity contribution in [2.45, 2.75) is 40.5 Å². The molecule has 1 saturated carbocycles. The van der Waals surface area contributed by atoms with E-state index < -0.39 is 0 Å². The van der Waals surface area contributed by atoms with Gasteiger partial charge in [-0.15, -0.1) is 0 Å². The molecule has 0 atom stereocenters. The molecule has 0 spiro atoms. The molecule has 0 aromatic rings. The minimum absolute atomic E-state index is 0.114. The first-order valence-corrected chi connectivity index (χ1v) is 5.26. The van der Waals surface area contributed by atoms with Crippen LogP contribution in [-0.2, 0) is 4.79 Å². The summed E-state index contributed by atoms with van der Waals surface area (Å²) in [4.78, 5) is 11.3. The Hall–Kier alpha value is -0.530. The second kappa shape index (κ2) is 3.69. The van der Waals surface area contributed by atoms with Crippen LogP contribution >= 0.6 is 0 Å². The van der Waals surface area contributed by atoms with Crippen molar-refractivity contribution in [2.75, 3.05) is 6.54 Å². The highest BCUT2D eigenvalue weighted by atomic mass is 16.1. The van der Waals surface area contributed by atoms with Crippen LogP contribution in [0.2, 0.25) is 0 Å². The Bertz CT molecular complexity index is 192. The summed E-state index contributed by atoms with van der Waals surface area (Å²) in [5, 5.41) is 3.03. The number of carbonyl (C=O) groups excluding carboxylic acids is 1. The highest BCUT2D eigenvalue weighted by molar-refractivity contribution is 5.77. The first kappa shape index (κ1) is 10.6. The van der Waals surface area contributed by atoms with Crippen LogP contribution in [0.1, 0.15) is 40.5 Å². The normalized spacial score (nSPS) is 19.2. The topological polar surface area (TPSA) is 29.1 Å². The second-order valence-corrected chi connectivity index (χ2v) is 4.89. The lowest BCUT2D eigenvalue weighted by molar-refractivity contribution is -0.124. The van der Waals surface area contributed by atoms with Crippen LogP contribution in [0, 0.1) is 17.3 Å². The van der Waals surface area contributed by atoms with Gasteiger partial charge in [-0.1, -0.05) is 27.7 Å². The van der Waals surface area contributed by atoms with Gasteiger partial charge in [-0.2, -0.15) is 0 Å². The highest BCUT2D eigenvalue weighted by Gasteiger charge is 2.45. The molecule has 1 N–H and O–H groups in total. The third-order valence-corrected chi connectivity index (χ3v) is 3.26. The van der Waals surface area contributed by atoms with Crippen LogP contribution in [0.3, 0.4) is 0 Å². The van der Waals surface area contributed by atoms with E-state index in [1.807, 2.05) is 13.8 Å². The van der Waals surface area contributed by atoms with E-state index in [-0.39, 0.29) is 11.8 Å². The molecule has 1 amide bonds. The first-order valence-electron chi connectivity index (χ1n) is 5.26. The van der Waals surface area contributed by atoms with E-state index in [2.05, 4.69) is 19.2 Å². The molecule has 2 nitrogen and oxygen atoms in total. The van der Waals surface area contributed by atoms with Gasteiger partial charge < -0.3 is 5.32 Å². The number of rotatable bonds is 4. The van der Waals surface area contributed by atoms with Crippen molar-refractivity contribution in [3.63, 3.8) is 0 Å². The van der Waals surface area contributed by atoms with Crippen molar-refractivity contribution in [1.82, 2.24) is 5.32 Å². The molecule has 0 radical (unpaired) electrons. The molecule has 1 fully saturated rings. The SMILES string of the molecule is CC(C)C(=O)NCC1(C(C)C)CC1. The summed E-state index contributed by atoms with van der Waals surface area (Å²) in [5.74, 6) is 0.995. The predicted octanol–water partition coefficient (Wildman–Crippen LogP) is 2.19. The Morgan fingerprint density at radius 2 is 1.85 bits per heavy atom. The van der Waals surface area contributed by atoms with Gasteiger partial charge in [-0.25, -0.2) is 0 Å². The number of hydrogen-bond donors (Lipinski definition) is 1. The molecule has 0 aromatic carbocycles. The minimum atomic E-state index is 0.114. The van der Waals surface area contributed by atoms with E-state index in [0.717, 1.165) is 6.54 Å². The molecular weight excluding hydrogens is 162 g/mol. The third-order valence-electron chi connectivity index (χ3n) is 3.26. The maximum atomic E-state index is 11.3. The maximum Gasteiger partial charge on any atom is 0.222 e. The molecule has 0 aliphatic heterocycles. The third kappa shape index (κ3) is 2.45. The van der Waals surface area contributed by atoms with Crippen LogP contribution in [0.4, 0.5) is 0 Å². The van der Waals surface area contributed by atoms with Gasteiger partial charge in [0.25, 0.3) is 0 Å². The molecule has 0 aromatic heterocycles. The standard InChI is InChI=1S/C11H21NO/c1-8(2)10(13)12-7-11(5-6-11)9(3)4/h8-9H,5-7H2,1-4H3,(H,12,13). The predicted molar refractivity (Wildman–Crippen MR) is 54.4 cm³/mol. The van der Waals surface area contributed by atoms with Gasteiger partial charge in [0.05, 0.1) is 0 Å². The Morgan fingerprint density at radius 1 is 1.31 bits per heavy atom. The van der Waals surface area contributed by atoms with Crippen LogP contribution in [0.5, 0.6) is 0 Å². The smallest absolute Gasteiger partial charge is 0.222 e. The Morgan fingerprint density at radius 3 is 2.15 bits per heavy atom. The zero-order chi connectivity index (χ0) is 10.1. The molecule has 1 rings (SSSR count). The van der Waals surface area contributed by atoms with Gasteiger partial charge in [-0.05, 0) is 24.2 Å². The second-order valence-electron chi connectivity index (χ2n) is 4.89. The average Bonchev–Trinajstić information content (AvgIpc) is 2.80. The van der Waals surface area contributed by atoms with E-state index in [1.54, 1.807) is 0 Å². The fourth-order valence-corrected chi connectivity index (χ4v) is 1.59. The summed E-state index contributed by atoms with van der Waals surface area (Å²) < 4.78 is 0. The number of carbonyl (C=O) groups is 1. The molecule has 0 unspecified atom stereocenters. The van der Waals surface area contributed by atoms with Crippen LogP contribution in [0.15, 0.2) is 0 Å². The van der Waals surface area contributed by atoms with Crippen LogP contribution in [0.25, 0.3) is 0 Å². The number of amides is 1. The van der Waals surface area contributed by atoms with E-state index >= 15 is 0 Å². The molecule has 76 valence electrons.